The van der Waals surface area contributed by atoms with E-state index >= 15 is 0 Å². The standard InChI is InChI=1S/C8H10N4S/c1-9-8(13)12-11-6-7-2-4-10-5-3-7/h2-6H,1H3,(H2,9,12,13)/b11-6-. The Morgan fingerprint density at radius 3 is 2.85 bits per heavy atom. The Morgan fingerprint density at radius 1 is 1.54 bits per heavy atom. The SMILES string of the molecule is CNC(=S)N/N=C\c1ccncc1. The normalized spacial score (nSPS) is 9.92. The lowest BCUT2D eigenvalue weighted by Gasteiger charge is -1.98. The zero-order valence-electron chi connectivity index (χ0n) is 7.19. The topological polar surface area (TPSA) is 49.3 Å². The number of aromatic nitrogens is 1. The van der Waals surface area contributed by atoms with Crippen LogP contribution in [-0.2, 0) is 0 Å². The van der Waals surface area contributed by atoms with Crippen LogP contribution < -0.4 is 10.7 Å². The molecule has 68 valence electrons. The molecule has 1 heterocycles. The first-order chi connectivity index (χ1) is 6.33. The highest BCUT2D eigenvalue weighted by molar-refractivity contribution is 7.80. The van der Waals surface area contributed by atoms with Crippen LogP contribution in [0.15, 0.2) is 29.6 Å². The number of hydrogen-bond donors (Lipinski definition) is 2. The van der Waals surface area contributed by atoms with E-state index in [4.69, 9.17) is 12.2 Å². The van der Waals surface area contributed by atoms with E-state index in [1.165, 1.54) is 0 Å². The molecule has 0 aliphatic carbocycles. The maximum atomic E-state index is 4.82. The van der Waals surface area contributed by atoms with Gasteiger partial charge in [-0.2, -0.15) is 5.10 Å². The summed E-state index contributed by atoms with van der Waals surface area (Å²) < 4.78 is 0. The minimum Gasteiger partial charge on any atom is -0.364 e. The van der Waals surface area contributed by atoms with E-state index in [1.807, 2.05) is 12.1 Å². The van der Waals surface area contributed by atoms with Crippen molar-refractivity contribution in [2.75, 3.05) is 7.05 Å². The van der Waals surface area contributed by atoms with Crippen molar-refractivity contribution in [3.8, 4) is 0 Å². The van der Waals surface area contributed by atoms with Crippen molar-refractivity contribution in [2.24, 2.45) is 5.10 Å². The monoisotopic (exact) mass is 194 g/mol. The molecule has 2 N–H and O–H groups in total. The highest BCUT2D eigenvalue weighted by Crippen LogP contribution is 1.89. The zero-order valence-corrected chi connectivity index (χ0v) is 8.01. The first-order valence-corrected chi connectivity index (χ1v) is 4.14. The number of rotatable bonds is 2. The van der Waals surface area contributed by atoms with Crippen molar-refractivity contribution in [1.82, 2.24) is 15.7 Å². The van der Waals surface area contributed by atoms with Crippen molar-refractivity contribution >= 4 is 23.5 Å². The Morgan fingerprint density at radius 2 is 2.23 bits per heavy atom. The van der Waals surface area contributed by atoms with Gasteiger partial charge in [-0.3, -0.25) is 10.4 Å². The summed E-state index contributed by atoms with van der Waals surface area (Å²) in [4.78, 5) is 3.88. The van der Waals surface area contributed by atoms with E-state index in [0.717, 1.165) is 5.56 Å². The summed E-state index contributed by atoms with van der Waals surface area (Å²) in [7, 11) is 1.73. The molecule has 1 aromatic rings. The quantitative estimate of drug-likeness (QED) is 0.409. The number of nitrogens with zero attached hydrogens (tertiary/aromatic N) is 2. The number of nitrogens with one attached hydrogen (secondary N) is 2. The Kier molecular flexibility index (Phi) is 3.84. The van der Waals surface area contributed by atoms with Crippen LogP contribution in [-0.4, -0.2) is 23.4 Å². The van der Waals surface area contributed by atoms with Gasteiger partial charge in [0, 0.05) is 19.4 Å². The fourth-order valence-corrected chi connectivity index (χ4v) is 0.724. The third-order valence-electron chi connectivity index (χ3n) is 1.31. The maximum Gasteiger partial charge on any atom is 0.186 e. The summed E-state index contributed by atoms with van der Waals surface area (Å²) in [5.41, 5.74) is 3.62. The molecule has 13 heavy (non-hydrogen) atoms. The Bertz CT molecular complexity index is 296. The maximum absolute atomic E-state index is 4.82. The van der Waals surface area contributed by atoms with Crippen LogP contribution in [0.1, 0.15) is 5.56 Å². The van der Waals surface area contributed by atoms with Gasteiger partial charge in [-0.25, -0.2) is 0 Å². The molecule has 0 saturated carbocycles. The summed E-state index contributed by atoms with van der Waals surface area (Å²) in [5.74, 6) is 0. The molecule has 0 amide bonds. The molecule has 0 aliphatic heterocycles. The van der Waals surface area contributed by atoms with Crippen LogP contribution >= 0.6 is 12.2 Å². The number of hydrazone groups is 1. The van der Waals surface area contributed by atoms with Gasteiger partial charge in [0.05, 0.1) is 6.21 Å². The van der Waals surface area contributed by atoms with Gasteiger partial charge >= 0.3 is 0 Å². The number of pyridine rings is 1. The van der Waals surface area contributed by atoms with Gasteiger partial charge < -0.3 is 5.32 Å². The van der Waals surface area contributed by atoms with Gasteiger partial charge in [0.15, 0.2) is 5.11 Å². The lowest BCUT2D eigenvalue weighted by atomic mass is 10.3. The van der Waals surface area contributed by atoms with Gasteiger partial charge in [-0.05, 0) is 29.9 Å². The second-order valence-corrected chi connectivity index (χ2v) is 2.64. The van der Waals surface area contributed by atoms with E-state index < -0.39 is 0 Å². The smallest absolute Gasteiger partial charge is 0.186 e. The van der Waals surface area contributed by atoms with Crippen LogP contribution in [0.3, 0.4) is 0 Å². The Hall–Kier alpha value is -1.49. The summed E-state index contributed by atoms with van der Waals surface area (Å²) in [6.07, 6.45) is 5.08. The first-order valence-electron chi connectivity index (χ1n) is 3.74. The van der Waals surface area contributed by atoms with Gasteiger partial charge in [0.1, 0.15) is 0 Å². The molecule has 1 rings (SSSR count). The Balaban J connectivity index is 2.45. The molecular weight excluding hydrogens is 184 g/mol. The molecule has 0 fully saturated rings. The van der Waals surface area contributed by atoms with E-state index in [9.17, 15) is 0 Å². The second-order valence-electron chi connectivity index (χ2n) is 2.23. The van der Waals surface area contributed by atoms with Crippen molar-refractivity contribution in [2.45, 2.75) is 0 Å². The van der Waals surface area contributed by atoms with Crippen molar-refractivity contribution in [1.29, 1.82) is 0 Å². The third kappa shape index (κ3) is 3.62. The fourth-order valence-electron chi connectivity index (χ4n) is 0.671. The molecule has 4 nitrogen and oxygen atoms in total. The minimum atomic E-state index is 0.491. The molecule has 0 aromatic carbocycles. The van der Waals surface area contributed by atoms with Crippen molar-refractivity contribution < 1.29 is 0 Å². The van der Waals surface area contributed by atoms with Crippen molar-refractivity contribution in [3.05, 3.63) is 30.1 Å². The molecule has 0 aliphatic rings. The average Bonchev–Trinajstić information content (AvgIpc) is 2.19. The number of thiocarbonyl (C=S) groups is 1. The summed E-state index contributed by atoms with van der Waals surface area (Å²) in [5, 5.41) is 7.14. The molecule has 0 atom stereocenters. The highest BCUT2D eigenvalue weighted by Gasteiger charge is 1.85. The largest absolute Gasteiger partial charge is 0.364 e. The fraction of sp³-hybridized carbons (Fsp3) is 0.125. The van der Waals surface area contributed by atoms with Crippen molar-refractivity contribution in [3.63, 3.8) is 0 Å². The van der Waals surface area contributed by atoms with Crippen LogP contribution in [0.5, 0.6) is 0 Å². The minimum absolute atomic E-state index is 0.491. The first kappa shape index (κ1) is 9.60. The lowest BCUT2D eigenvalue weighted by Crippen LogP contribution is -2.28. The number of hydrogen-bond acceptors (Lipinski definition) is 3. The average molecular weight is 194 g/mol. The third-order valence-corrected chi connectivity index (χ3v) is 1.61. The predicted molar refractivity (Wildman–Crippen MR) is 56.6 cm³/mol. The molecule has 1 aromatic heterocycles. The van der Waals surface area contributed by atoms with Crippen LogP contribution in [0.4, 0.5) is 0 Å². The predicted octanol–water partition coefficient (Wildman–Crippen LogP) is 0.509. The molecule has 0 spiro atoms. The van der Waals surface area contributed by atoms with Crippen LogP contribution in [0, 0.1) is 0 Å². The summed E-state index contributed by atoms with van der Waals surface area (Å²) in [6, 6.07) is 3.71. The second kappa shape index (κ2) is 5.21. The van der Waals surface area contributed by atoms with Gasteiger partial charge in [0.2, 0.25) is 0 Å². The van der Waals surface area contributed by atoms with Crippen LogP contribution in [0.2, 0.25) is 0 Å². The van der Waals surface area contributed by atoms with E-state index in [-0.39, 0.29) is 0 Å². The molecule has 0 saturated heterocycles. The van der Waals surface area contributed by atoms with E-state index in [1.54, 1.807) is 25.7 Å². The molecule has 5 heteroatoms. The zero-order chi connectivity index (χ0) is 9.52. The highest BCUT2D eigenvalue weighted by atomic mass is 32.1. The van der Waals surface area contributed by atoms with E-state index in [0.29, 0.717) is 5.11 Å². The van der Waals surface area contributed by atoms with Gasteiger partial charge in [-0.1, -0.05) is 0 Å². The molecule has 0 radical (unpaired) electrons. The van der Waals surface area contributed by atoms with Gasteiger partial charge in [-0.15, -0.1) is 0 Å². The lowest BCUT2D eigenvalue weighted by molar-refractivity contribution is 0.982. The van der Waals surface area contributed by atoms with E-state index in [2.05, 4.69) is 20.8 Å². The molecule has 0 unspecified atom stereocenters. The molecule has 0 bridgehead atoms. The summed E-state index contributed by atoms with van der Waals surface area (Å²) >= 11 is 4.82. The van der Waals surface area contributed by atoms with Gasteiger partial charge in [0.25, 0.3) is 0 Å². The molecular formula is C8H10N4S. The Labute approximate surface area is 82.1 Å². The summed E-state index contributed by atoms with van der Waals surface area (Å²) in [6.45, 7) is 0. The van der Waals surface area contributed by atoms with Crippen LogP contribution in [0.25, 0.3) is 0 Å².